The summed E-state index contributed by atoms with van der Waals surface area (Å²) in [5.74, 6) is 0.415. The third kappa shape index (κ3) is 3.83. The van der Waals surface area contributed by atoms with Gasteiger partial charge < -0.3 is 0 Å². The first-order valence-electron chi connectivity index (χ1n) is 8.17. The quantitative estimate of drug-likeness (QED) is 0.823. The predicted molar refractivity (Wildman–Crippen MR) is 89.4 cm³/mol. The van der Waals surface area contributed by atoms with Crippen LogP contribution in [-0.2, 0) is 17.9 Å². The summed E-state index contributed by atoms with van der Waals surface area (Å²) in [5.41, 5.74) is 2.55. The Kier molecular flexibility index (Phi) is 5.02. The number of Topliss-reactive ketones (excluding diaryl/α,β-unsaturated/α-hetero) is 1. The normalized spacial score (nSPS) is 18.6. The van der Waals surface area contributed by atoms with E-state index < -0.39 is 0 Å². The number of ketones is 1. The summed E-state index contributed by atoms with van der Waals surface area (Å²) >= 11 is 0. The molecule has 1 unspecified atom stereocenters. The number of nitrogens with zero attached hydrogens (tertiary/aromatic N) is 1. The Morgan fingerprint density at radius 1 is 0.818 bits per heavy atom. The number of carbonyl (C=O) groups is 1. The Bertz CT molecular complexity index is 552. The molecule has 0 aromatic heterocycles. The summed E-state index contributed by atoms with van der Waals surface area (Å²) in [6.07, 6.45) is 3.96. The first-order chi connectivity index (χ1) is 10.8. The standard InChI is InChI=1S/C20H23NO/c22-20-14-8-7-13-19(20)21(15-17-9-3-1-4-10-17)16-18-11-5-2-6-12-18/h1-6,9-12,19H,7-8,13-16H2. The van der Waals surface area contributed by atoms with Gasteiger partial charge in [-0.2, -0.15) is 0 Å². The van der Waals surface area contributed by atoms with Crippen LogP contribution in [0.2, 0.25) is 0 Å². The molecule has 2 aromatic rings. The van der Waals surface area contributed by atoms with Gasteiger partial charge in [0.15, 0.2) is 0 Å². The van der Waals surface area contributed by atoms with E-state index in [1.54, 1.807) is 0 Å². The fourth-order valence-corrected chi connectivity index (χ4v) is 3.26. The zero-order chi connectivity index (χ0) is 15.2. The van der Waals surface area contributed by atoms with Crippen molar-refractivity contribution >= 4 is 5.78 Å². The van der Waals surface area contributed by atoms with Crippen LogP contribution in [0.15, 0.2) is 60.7 Å². The highest BCUT2D eigenvalue weighted by Gasteiger charge is 2.28. The van der Waals surface area contributed by atoms with Gasteiger partial charge in [-0.05, 0) is 24.0 Å². The third-order valence-corrected chi connectivity index (χ3v) is 4.42. The van der Waals surface area contributed by atoms with Crippen LogP contribution in [0.4, 0.5) is 0 Å². The van der Waals surface area contributed by atoms with Crippen LogP contribution in [0.3, 0.4) is 0 Å². The van der Waals surface area contributed by atoms with Crippen LogP contribution in [0.1, 0.15) is 36.8 Å². The van der Waals surface area contributed by atoms with Crippen molar-refractivity contribution in [2.24, 2.45) is 0 Å². The topological polar surface area (TPSA) is 20.3 Å². The summed E-state index contributed by atoms with van der Waals surface area (Å²) < 4.78 is 0. The molecule has 1 aliphatic rings. The second kappa shape index (κ2) is 7.37. The monoisotopic (exact) mass is 293 g/mol. The highest BCUT2D eigenvalue weighted by atomic mass is 16.1. The maximum Gasteiger partial charge on any atom is 0.149 e. The molecule has 0 N–H and O–H groups in total. The molecule has 1 atom stereocenters. The molecule has 22 heavy (non-hydrogen) atoms. The zero-order valence-corrected chi connectivity index (χ0v) is 12.9. The van der Waals surface area contributed by atoms with Gasteiger partial charge in [0.2, 0.25) is 0 Å². The Balaban J connectivity index is 1.79. The lowest BCUT2D eigenvalue weighted by Gasteiger charge is -2.33. The Labute approximate surface area is 132 Å². The Morgan fingerprint density at radius 3 is 1.86 bits per heavy atom. The molecule has 1 aliphatic carbocycles. The predicted octanol–water partition coefficient (Wildman–Crippen LogP) is 4.20. The van der Waals surface area contributed by atoms with Gasteiger partial charge in [0.25, 0.3) is 0 Å². The molecule has 0 amide bonds. The van der Waals surface area contributed by atoms with E-state index >= 15 is 0 Å². The molecule has 0 bridgehead atoms. The van der Waals surface area contributed by atoms with Crippen molar-refractivity contribution in [3.63, 3.8) is 0 Å². The van der Waals surface area contributed by atoms with Crippen molar-refractivity contribution in [3.8, 4) is 0 Å². The third-order valence-electron chi connectivity index (χ3n) is 4.42. The van der Waals surface area contributed by atoms with Crippen LogP contribution in [0.25, 0.3) is 0 Å². The summed E-state index contributed by atoms with van der Waals surface area (Å²) in [5, 5.41) is 0. The SMILES string of the molecule is O=C1CCCCC1N(Cc1ccccc1)Cc1ccccc1. The molecule has 0 aliphatic heterocycles. The first-order valence-corrected chi connectivity index (χ1v) is 8.17. The van der Waals surface area contributed by atoms with E-state index in [0.29, 0.717) is 5.78 Å². The lowest BCUT2D eigenvalue weighted by molar-refractivity contribution is -0.126. The minimum Gasteiger partial charge on any atom is -0.298 e. The van der Waals surface area contributed by atoms with Crippen LogP contribution >= 0.6 is 0 Å². The van der Waals surface area contributed by atoms with Gasteiger partial charge in [-0.1, -0.05) is 67.1 Å². The lowest BCUT2D eigenvalue weighted by Crippen LogP contribution is -2.42. The minimum atomic E-state index is 0.0779. The van der Waals surface area contributed by atoms with Gasteiger partial charge in [-0.25, -0.2) is 0 Å². The van der Waals surface area contributed by atoms with Crippen molar-refractivity contribution in [2.45, 2.75) is 44.8 Å². The molecule has 2 heteroatoms. The average molecular weight is 293 g/mol. The number of rotatable bonds is 5. The number of carbonyl (C=O) groups excluding carboxylic acids is 1. The maximum atomic E-state index is 12.4. The van der Waals surface area contributed by atoms with Gasteiger partial charge in [-0.15, -0.1) is 0 Å². The highest BCUT2D eigenvalue weighted by Crippen LogP contribution is 2.23. The zero-order valence-electron chi connectivity index (χ0n) is 12.9. The van der Waals surface area contributed by atoms with E-state index in [2.05, 4.69) is 53.4 Å². The molecule has 3 rings (SSSR count). The summed E-state index contributed by atoms with van der Waals surface area (Å²) in [6, 6.07) is 21.0. The molecule has 2 aromatic carbocycles. The van der Waals surface area contributed by atoms with Crippen molar-refractivity contribution in [3.05, 3.63) is 71.8 Å². The van der Waals surface area contributed by atoms with Crippen LogP contribution in [0, 0.1) is 0 Å². The summed E-state index contributed by atoms with van der Waals surface area (Å²) in [7, 11) is 0. The van der Waals surface area contributed by atoms with Crippen LogP contribution < -0.4 is 0 Å². The number of benzene rings is 2. The fraction of sp³-hybridized carbons (Fsp3) is 0.350. The van der Waals surface area contributed by atoms with E-state index in [1.165, 1.54) is 11.1 Å². The fourth-order valence-electron chi connectivity index (χ4n) is 3.26. The number of hydrogen-bond donors (Lipinski definition) is 0. The van der Waals surface area contributed by atoms with Crippen molar-refractivity contribution in [1.29, 1.82) is 0 Å². The molecule has 2 nitrogen and oxygen atoms in total. The Morgan fingerprint density at radius 2 is 1.36 bits per heavy atom. The lowest BCUT2D eigenvalue weighted by atomic mass is 9.92. The van der Waals surface area contributed by atoms with Gasteiger partial charge >= 0.3 is 0 Å². The van der Waals surface area contributed by atoms with E-state index in [1.807, 2.05) is 12.1 Å². The van der Waals surface area contributed by atoms with E-state index in [-0.39, 0.29) is 6.04 Å². The van der Waals surface area contributed by atoms with Gasteiger partial charge in [0.05, 0.1) is 6.04 Å². The second-order valence-corrected chi connectivity index (χ2v) is 6.10. The minimum absolute atomic E-state index is 0.0779. The van der Waals surface area contributed by atoms with Crippen LogP contribution in [0.5, 0.6) is 0 Å². The van der Waals surface area contributed by atoms with Crippen molar-refractivity contribution < 1.29 is 4.79 Å². The van der Waals surface area contributed by atoms with Crippen molar-refractivity contribution in [1.82, 2.24) is 4.90 Å². The molecule has 0 heterocycles. The Hall–Kier alpha value is -1.93. The molecule has 1 fully saturated rings. The summed E-state index contributed by atoms with van der Waals surface area (Å²) in [6.45, 7) is 1.68. The van der Waals surface area contributed by atoms with Crippen LogP contribution in [-0.4, -0.2) is 16.7 Å². The average Bonchev–Trinajstić information content (AvgIpc) is 2.57. The van der Waals surface area contributed by atoms with Gasteiger partial charge in [-0.3, -0.25) is 9.69 Å². The molecular weight excluding hydrogens is 270 g/mol. The van der Waals surface area contributed by atoms with Gasteiger partial charge in [0, 0.05) is 19.5 Å². The second-order valence-electron chi connectivity index (χ2n) is 6.10. The summed E-state index contributed by atoms with van der Waals surface area (Å²) in [4.78, 5) is 14.7. The smallest absolute Gasteiger partial charge is 0.149 e. The molecule has 1 saturated carbocycles. The van der Waals surface area contributed by atoms with E-state index in [0.717, 1.165) is 38.8 Å². The highest BCUT2D eigenvalue weighted by molar-refractivity contribution is 5.84. The maximum absolute atomic E-state index is 12.4. The van der Waals surface area contributed by atoms with Crippen molar-refractivity contribution in [2.75, 3.05) is 0 Å². The molecular formula is C20H23NO. The van der Waals surface area contributed by atoms with E-state index in [9.17, 15) is 4.79 Å². The molecule has 0 radical (unpaired) electrons. The first kappa shape index (κ1) is 15.0. The van der Waals surface area contributed by atoms with E-state index in [4.69, 9.17) is 0 Å². The molecule has 0 saturated heterocycles. The number of hydrogen-bond acceptors (Lipinski definition) is 2. The largest absolute Gasteiger partial charge is 0.298 e. The molecule has 0 spiro atoms. The molecule has 114 valence electrons. The van der Waals surface area contributed by atoms with Gasteiger partial charge in [0.1, 0.15) is 5.78 Å².